The molecule has 1 aromatic rings. The molecule has 0 unspecified atom stereocenters. The first-order valence-electron chi connectivity index (χ1n) is 9.28. The van der Waals surface area contributed by atoms with E-state index in [-0.39, 0.29) is 29.9 Å². The van der Waals surface area contributed by atoms with Crippen LogP contribution in [0.15, 0.2) is 23.2 Å². The van der Waals surface area contributed by atoms with Gasteiger partial charge in [-0.05, 0) is 58.2 Å². The van der Waals surface area contributed by atoms with Gasteiger partial charge in [-0.2, -0.15) is 0 Å². The summed E-state index contributed by atoms with van der Waals surface area (Å²) in [6.45, 7) is 12.4. The minimum Gasteiger partial charge on any atom is -0.496 e. The number of benzene rings is 1. The number of methoxy groups -OCH3 is 1. The third-order valence-corrected chi connectivity index (χ3v) is 4.11. The molecule has 0 atom stereocenters. The van der Waals surface area contributed by atoms with Crippen LogP contribution in [0.5, 0.6) is 5.75 Å². The number of halogens is 1. The van der Waals surface area contributed by atoms with Gasteiger partial charge < -0.3 is 20.7 Å². The summed E-state index contributed by atoms with van der Waals surface area (Å²) in [7, 11) is 1.69. The fraction of sp³-hybridized carbons (Fsp3) is 0.600. The van der Waals surface area contributed by atoms with E-state index >= 15 is 0 Å². The third kappa shape index (κ3) is 8.81. The highest BCUT2D eigenvalue weighted by atomic mass is 127. The maximum absolute atomic E-state index is 12.1. The van der Waals surface area contributed by atoms with Gasteiger partial charge in [-0.1, -0.05) is 12.1 Å². The van der Waals surface area contributed by atoms with Gasteiger partial charge in [-0.3, -0.25) is 9.79 Å². The molecule has 154 valence electrons. The third-order valence-electron chi connectivity index (χ3n) is 4.11. The predicted molar refractivity (Wildman–Crippen MR) is 123 cm³/mol. The highest BCUT2D eigenvalue weighted by Crippen LogP contribution is 2.19. The standard InChI is InChI=1S/C20H34N4O2.HI/c1-7-21-18(25)20(4,5)14-24-19(22-8-2)23-12-11-16-10-9-15(3)17(13-16)26-6;/h9-10,13H,7-8,11-12,14H2,1-6H3,(H,21,25)(H2,22,23,24);1H. The molecule has 0 aliphatic rings. The van der Waals surface area contributed by atoms with Crippen LogP contribution < -0.4 is 20.7 Å². The van der Waals surface area contributed by atoms with Gasteiger partial charge in [0.1, 0.15) is 5.75 Å². The van der Waals surface area contributed by atoms with Crippen LogP contribution in [0, 0.1) is 12.3 Å². The van der Waals surface area contributed by atoms with Crippen LogP contribution in [-0.2, 0) is 11.2 Å². The molecular formula is C20H35IN4O2. The molecule has 0 spiro atoms. The summed E-state index contributed by atoms with van der Waals surface area (Å²) in [6.07, 6.45) is 0.862. The molecule has 0 saturated carbocycles. The van der Waals surface area contributed by atoms with E-state index in [1.54, 1.807) is 7.11 Å². The normalized spacial score (nSPS) is 11.4. The lowest BCUT2D eigenvalue weighted by Crippen LogP contribution is -2.42. The Labute approximate surface area is 181 Å². The van der Waals surface area contributed by atoms with Gasteiger partial charge in [0.2, 0.25) is 5.91 Å². The number of amides is 1. The predicted octanol–water partition coefficient (Wildman–Crippen LogP) is 2.88. The number of rotatable bonds is 9. The van der Waals surface area contributed by atoms with E-state index in [4.69, 9.17) is 4.74 Å². The van der Waals surface area contributed by atoms with Crippen LogP contribution in [0.4, 0.5) is 0 Å². The van der Waals surface area contributed by atoms with E-state index in [2.05, 4.69) is 39.1 Å². The van der Waals surface area contributed by atoms with Crippen molar-refractivity contribution in [2.24, 2.45) is 10.4 Å². The molecule has 0 aliphatic carbocycles. The second-order valence-corrected chi connectivity index (χ2v) is 6.92. The van der Waals surface area contributed by atoms with Gasteiger partial charge in [-0.25, -0.2) is 0 Å². The molecule has 27 heavy (non-hydrogen) atoms. The summed E-state index contributed by atoms with van der Waals surface area (Å²) in [5, 5.41) is 9.42. The van der Waals surface area contributed by atoms with Crippen LogP contribution >= 0.6 is 24.0 Å². The first-order chi connectivity index (χ1) is 12.3. The van der Waals surface area contributed by atoms with Crippen LogP contribution in [0.2, 0.25) is 0 Å². The molecule has 6 nitrogen and oxygen atoms in total. The zero-order valence-electron chi connectivity index (χ0n) is 17.4. The summed E-state index contributed by atoms with van der Waals surface area (Å²) < 4.78 is 5.38. The lowest BCUT2D eigenvalue weighted by molar-refractivity contribution is -0.128. The van der Waals surface area contributed by atoms with Crippen molar-refractivity contribution < 1.29 is 9.53 Å². The van der Waals surface area contributed by atoms with Crippen molar-refractivity contribution in [1.29, 1.82) is 0 Å². The quantitative estimate of drug-likeness (QED) is 0.283. The number of nitrogens with zero attached hydrogens (tertiary/aromatic N) is 1. The fourth-order valence-corrected chi connectivity index (χ4v) is 2.44. The van der Waals surface area contributed by atoms with Crippen LogP contribution in [0.3, 0.4) is 0 Å². The molecule has 1 amide bonds. The van der Waals surface area contributed by atoms with Crippen molar-refractivity contribution >= 4 is 35.8 Å². The van der Waals surface area contributed by atoms with Crippen molar-refractivity contribution in [1.82, 2.24) is 16.0 Å². The molecule has 0 saturated heterocycles. The number of carbonyl (C=O) groups is 1. The zero-order chi connectivity index (χ0) is 19.6. The summed E-state index contributed by atoms with van der Waals surface area (Å²) in [5.74, 6) is 1.65. The topological polar surface area (TPSA) is 74.8 Å². The van der Waals surface area contributed by atoms with E-state index in [0.29, 0.717) is 13.1 Å². The maximum Gasteiger partial charge on any atom is 0.227 e. The van der Waals surface area contributed by atoms with Crippen molar-refractivity contribution in [3.63, 3.8) is 0 Å². The van der Waals surface area contributed by atoms with Crippen LogP contribution in [0.25, 0.3) is 0 Å². The minimum atomic E-state index is -0.539. The van der Waals surface area contributed by atoms with E-state index in [9.17, 15) is 4.79 Å². The highest BCUT2D eigenvalue weighted by Gasteiger charge is 2.26. The fourth-order valence-electron chi connectivity index (χ4n) is 2.44. The molecule has 1 rings (SSSR count). The summed E-state index contributed by atoms with van der Waals surface area (Å²) in [6, 6.07) is 6.25. The summed E-state index contributed by atoms with van der Waals surface area (Å²) in [5.41, 5.74) is 1.80. The second-order valence-electron chi connectivity index (χ2n) is 6.92. The Morgan fingerprint density at radius 2 is 1.81 bits per heavy atom. The van der Waals surface area contributed by atoms with Gasteiger partial charge in [0.15, 0.2) is 5.96 Å². The summed E-state index contributed by atoms with van der Waals surface area (Å²) in [4.78, 5) is 16.7. The lowest BCUT2D eigenvalue weighted by Gasteiger charge is -2.22. The smallest absolute Gasteiger partial charge is 0.227 e. The molecule has 0 aliphatic heterocycles. The number of ether oxygens (including phenoxy) is 1. The Hall–Kier alpha value is -1.51. The van der Waals surface area contributed by atoms with Crippen LogP contribution in [-0.4, -0.2) is 45.2 Å². The van der Waals surface area contributed by atoms with E-state index in [0.717, 1.165) is 36.8 Å². The molecule has 1 aromatic carbocycles. The molecular weight excluding hydrogens is 455 g/mol. The number of nitrogens with one attached hydrogen (secondary N) is 3. The van der Waals surface area contributed by atoms with Gasteiger partial charge in [0, 0.05) is 19.6 Å². The van der Waals surface area contributed by atoms with Gasteiger partial charge in [0.25, 0.3) is 0 Å². The van der Waals surface area contributed by atoms with E-state index < -0.39 is 5.41 Å². The number of aliphatic imine (C=N–C) groups is 1. The first-order valence-corrected chi connectivity index (χ1v) is 9.28. The second kappa shape index (κ2) is 12.8. The molecule has 0 aromatic heterocycles. The average molecular weight is 490 g/mol. The largest absolute Gasteiger partial charge is 0.496 e. The molecule has 0 radical (unpaired) electrons. The van der Waals surface area contributed by atoms with Crippen molar-refractivity contribution in [3.8, 4) is 5.75 Å². The molecule has 0 fully saturated rings. The Morgan fingerprint density at radius 1 is 1.15 bits per heavy atom. The molecule has 7 heteroatoms. The molecule has 0 bridgehead atoms. The lowest BCUT2D eigenvalue weighted by atomic mass is 9.92. The van der Waals surface area contributed by atoms with Gasteiger partial charge in [0.05, 0.1) is 19.1 Å². The Bertz CT molecular complexity index is 618. The number of carbonyl (C=O) groups excluding carboxylic acids is 1. The zero-order valence-corrected chi connectivity index (χ0v) is 19.8. The first kappa shape index (κ1) is 25.5. The number of aryl methyl sites for hydroxylation is 1. The molecule has 0 heterocycles. The van der Waals surface area contributed by atoms with Crippen molar-refractivity contribution in [2.45, 2.75) is 41.0 Å². The summed E-state index contributed by atoms with van der Waals surface area (Å²) >= 11 is 0. The number of guanidine groups is 1. The number of hydrogen-bond donors (Lipinski definition) is 3. The average Bonchev–Trinajstić information content (AvgIpc) is 2.61. The Balaban J connectivity index is 0.00000676. The minimum absolute atomic E-state index is 0. The van der Waals surface area contributed by atoms with Crippen molar-refractivity contribution in [2.75, 3.05) is 33.3 Å². The van der Waals surface area contributed by atoms with Gasteiger partial charge >= 0.3 is 0 Å². The monoisotopic (exact) mass is 490 g/mol. The SMILES string of the molecule is CCNC(=O)C(C)(C)CN=C(NCC)NCCc1ccc(C)c(OC)c1.I. The van der Waals surface area contributed by atoms with E-state index in [1.807, 2.05) is 34.6 Å². The van der Waals surface area contributed by atoms with Crippen LogP contribution in [0.1, 0.15) is 38.8 Å². The maximum atomic E-state index is 12.1. The Kier molecular flexibility index (Phi) is 12.1. The van der Waals surface area contributed by atoms with Crippen molar-refractivity contribution in [3.05, 3.63) is 29.3 Å². The highest BCUT2D eigenvalue weighted by molar-refractivity contribution is 14.0. The van der Waals surface area contributed by atoms with Gasteiger partial charge in [-0.15, -0.1) is 24.0 Å². The van der Waals surface area contributed by atoms with E-state index in [1.165, 1.54) is 5.56 Å². The number of hydrogen-bond acceptors (Lipinski definition) is 3. The Morgan fingerprint density at radius 3 is 2.41 bits per heavy atom. The molecule has 3 N–H and O–H groups in total.